The predicted molar refractivity (Wildman–Crippen MR) is 68.7 cm³/mol. The van der Waals surface area contributed by atoms with Crippen LogP contribution in [-0.2, 0) is 4.79 Å². The second kappa shape index (κ2) is 5.77. The SMILES string of the molecule is O=C(O)C(CO)NC(=O)N1CCC2(CCCC2)CC1. The number of nitrogens with zero attached hydrogens (tertiary/aromatic N) is 1. The van der Waals surface area contributed by atoms with Gasteiger partial charge in [0.2, 0.25) is 0 Å². The number of amides is 2. The highest BCUT2D eigenvalue weighted by atomic mass is 16.4. The van der Waals surface area contributed by atoms with Crippen molar-refractivity contribution in [3.05, 3.63) is 0 Å². The van der Waals surface area contributed by atoms with Gasteiger partial charge in [0.1, 0.15) is 0 Å². The van der Waals surface area contributed by atoms with Gasteiger partial charge >= 0.3 is 12.0 Å². The smallest absolute Gasteiger partial charge is 0.328 e. The molecular weight excluding hydrogens is 248 g/mol. The Morgan fingerprint density at radius 2 is 1.74 bits per heavy atom. The summed E-state index contributed by atoms with van der Waals surface area (Å²) in [7, 11) is 0. The van der Waals surface area contributed by atoms with Crippen molar-refractivity contribution < 1.29 is 19.8 Å². The normalized spacial score (nSPS) is 23.3. The van der Waals surface area contributed by atoms with Crippen molar-refractivity contribution in [2.75, 3.05) is 19.7 Å². The molecule has 2 fully saturated rings. The van der Waals surface area contributed by atoms with Crippen molar-refractivity contribution in [2.24, 2.45) is 5.41 Å². The monoisotopic (exact) mass is 270 g/mol. The van der Waals surface area contributed by atoms with Crippen molar-refractivity contribution in [3.8, 4) is 0 Å². The average Bonchev–Trinajstić information content (AvgIpc) is 2.84. The van der Waals surface area contributed by atoms with Crippen LogP contribution in [0.1, 0.15) is 38.5 Å². The van der Waals surface area contributed by atoms with Crippen molar-refractivity contribution in [1.82, 2.24) is 10.2 Å². The lowest BCUT2D eigenvalue weighted by molar-refractivity contribution is -0.140. The number of carboxylic acid groups (broad SMARTS) is 1. The van der Waals surface area contributed by atoms with Gasteiger partial charge in [-0.1, -0.05) is 12.8 Å². The molecule has 1 aliphatic heterocycles. The van der Waals surface area contributed by atoms with Gasteiger partial charge in [0.25, 0.3) is 0 Å². The number of likely N-dealkylation sites (tertiary alicyclic amines) is 1. The third-order valence-electron chi connectivity index (χ3n) is 4.55. The van der Waals surface area contributed by atoms with E-state index in [1.165, 1.54) is 25.7 Å². The molecule has 1 atom stereocenters. The lowest BCUT2D eigenvalue weighted by Crippen LogP contribution is -2.52. The molecule has 1 saturated heterocycles. The molecular formula is C13H22N2O4. The second-order valence-electron chi connectivity index (χ2n) is 5.72. The minimum atomic E-state index is -1.21. The number of aliphatic hydroxyl groups excluding tert-OH is 1. The van der Waals surface area contributed by atoms with Crippen LogP contribution in [-0.4, -0.2) is 52.9 Å². The van der Waals surface area contributed by atoms with E-state index >= 15 is 0 Å². The molecule has 0 aromatic carbocycles. The molecule has 2 amide bonds. The van der Waals surface area contributed by atoms with Gasteiger partial charge in [-0.2, -0.15) is 0 Å². The Hall–Kier alpha value is -1.30. The number of carboxylic acids is 1. The van der Waals surface area contributed by atoms with Crippen LogP contribution in [0.25, 0.3) is 0 Å². The van der Waals surface area contributed by atoms with Crippen LogP contribution in [0.5, 0.6) is 0 Å². The number of rotatable bonds is 3. The summed E-state index contributed by atoms with van der Waals surface area (Å²) in [6.07, 6.45) is 7.12. The molecule has 108 valence electrons. The number of carbonyl (C=O) groups is 2. The molecule has 2 aliphatic rings. The van der Waals surface area contributed by atoms with Gasteiger partial charge in [0.05, 0.1) is 6.61 Å². The molecule has 0 aromatic heterocycles. The molecule has 1 spiro atoms. The predicted octanol–water partition coefficient (Wildman–Crippen LogP) is 0.798. The Kier molecular flexibility index (Phi) is 4.29. The average molecular weight is 270 g/mol. The molecule has 3 N–H and O–H groups in total. The number of urea groups is 1. The summed E-state index contributed by atoms with van der Waals surface area (Å²) in [5.41, 5.74) is 0.431. The topological polar surface area (TPSA) is 89.9 Å². The third kappa shape index (κ3) is 3.18. The standard InChI is InChI=1S/C13H22N2O4/c16-9-10(11(17)18)14-12(19)15-7-5-13(6-8-15)3-1-2-4-13/h10,16H,1-9H2,(H,14,19)(H,17,18). The first-order valence-corrected chi connectivity index (χ1v) is 6.95. The van der Waals surface area contributed by atoms with Gasteiger partial charge in [-0.05, 0) is 31.1 Å². The summed E-state index contributed by atoms with van der Waals surface area (Å²) in [4.78, 5) is 24.3. The van der Waals surface area contributed by atoms with Crippen molar-refractivity contribution >= 4 is 12.0 Å². The molecule has 1 saturated carbocycles. The van der Waals surface area contributed by atoms with Gasteiger partial charge in [-0.15, -0.1) is 0 Å². The van der Waals surface area contributed by atoms with Crippen LogP contribution < -0.4 is 5.32 Å². The first kappa shape index (κ1) is 14.1. The summed E-state index contributed by atoms with van der Waals surface area (Å²) in [6.45, 7) is 0.784. The van der Waals surface area contributed by atoms with E-state index in [-0.39, 0.29) is 6.03 Å². The zero-order chi connectivity index (χ0) is 13.9. The van der Waals surface area contributed by atoms with Gasteiger partial charge in [0, 0.05) is 13.1 Å². The number of aliphatic carboxylic acids is 1. The highest BCUT2D eigenvalue weighted by Crippen LogP contribution is 2.46. The van der Waals surface area contributed by atoms with E-state index in [1.54, 1.807) is 4.90 Å². The minimum absolute atomic E-state index is 0.380. The van der Waals surface area contributed by atoms with Gasteiger partial charge < -0.3 is 20.4 Å². The zero-order valence-electron chi connectivity index (χ0n) is 11.1. The lowest BCUT2D eigenvalue weighted by atomic mass is 9.77. The van der Waals surface area contributed by atoms with E-state index in [0.29, 0.717) is 18.5 Å². The summed E-state index contributed by atoms with van der Waals surface area (Å²) < 4.78 is 0. The van der Waals surface area contributed by atoms with Crippen LogP contribution >= 0.6 is 0 Å². The lowest BCUT2D eigenvalue weighted by Gasteiger charge is -2.39. The summed E-state index contributed by atoms with van der Waals surface area (Å²) in [5.74, 6) is -1.21. The summed E-state index contributed by atoms with van der Waals surface area (Å²) in [5, 5.41) is 20.0. The van der Waals surface area contributed by atoms with Crippen LogP contribution in [0.3, 0.4) is 0 Å². The highest BCUT2D eigenvalue weighted by Gasteiger charge is 2.38. The number of piperidine rings is 1. The largest absolute Gasteiger partial charge is 0.480 e. The molecule has 1 aliphatic carbocycles. The van der Waals surface area contributed by atoms with Gasteiger partial charge in [-0.25, -0.2) is 9.59 Å². The first-order chi connectivity index (χ1) is 9.06. The van der Waals surface area contributed by atoms with Gasteiger partial charge in [0.15, 0.2) is 6.04 Å². The van der Waals surface area contributed by atoms with Crippen molar-refractivity contribution in [1.29, 1.82) is 0 Å². The third-order valence-corrected chi connectivity index (χ3v) is 4.55. The fourth-order valence-corrected chi connectivity index (χ4v) is 3.23. The molecule has 0 radical (unpaired) electrons. The van der Waals surface area contributed by atoms with E-state index in [2.05, 4.69) is 5.32 Å². The maximum Gasteiger partial charge on any atom is 0.328 e. The van der Waals surface area contributed by atoms with E-state index in [9.17, 15) is 9.59 Å². The Morgan fingerprint density at radius 3 is 2.21 bits per heavy atom. The molecule has 0 bridgehead atoms. The summed E-state index contributed by atoms with van der Waals surface area (Å²) in [6, 6.07) is -1.59. The molecule has 2 rings (SSSR count). The second-order valence-corrected chi connectivity index (χ2v) is 5.72. The Morgan fingerprint density at radius 1 is 1.16 bits per heavy atom. The number of nitrogens with one attached hydrogen (secondary N) is 1. The fourth-order valence-electron chi connectivity index (χ4n) is 3.23. The van der Waals surface area contributed by atoms with Crippen molar-refractivity contribution in [3.63, 3.8) is 0 Å². The summed E-state index contributed by atoms with van der Waals surface area (Å²) >= 11 is 0. The first-order valence-electron chi connectivity index (χ1n) is 6.95. The molecule has 1 unspecified atom stereocenters. The van der Waals surface area contributed by atoms with Crippen LogP contribution in [0.4, 0.5) is 4.79 Å². The Balaban J connectivity index is 1.83. The van der Waals surface area contributed by atoms with Crippen LogP contribution in [0.2, 0.25) is 0 Å². The minimum Gasteiger partial charge on any atom is -0.480 e. The number of aliphatic hydroxyl groups is 1. The molecule has 6 heteroatoms. The van der Waals surface area contributed by atoms with Crippen LogP contribution in [0, 0.1) is 5.41 Å². The number of hydrogen-bond donors (Lipinski definition) is 3. The molecule has 6 nitrogen and oxygen atoms in total. The number of hydrogen-bond acceptors (Lipinski definition) is 3. The van der Waals surface area contributed by atoms with E-state index < -0.39 is 18.6 Å². The van der Waals surface area contributed by atoms with Crippen molar-refractivity contribution in [2.45, 2.75) is 44.6 Å². The Labute approximate surface area is 112 Å². The van der Waals surface area contributed by atoms with Gasteiger partial charge in [-0.3, -0.25) is 0 Å². The maximum atomic E-state index is 11.9. The maximum absolute atomic E-state index is 11.9. The van der Waals surface area contributed by atoms with Crippen LogP contribution in [0.15, 0.2) is 0 Å². The Bertz CT molecular complexity index is 343. The molecule has 1 heterocycles. The molecule has 19 heavy (non-hydrogen) atoms. The van der Waals surface area contributed by atoms with E-state index in [1.807, 2.05) is 0 Å². The number of carbonyl (C=O) groups excluding carboxylic acids is 1. The van der Waals surface area contributed by atoms with E-state index in [0.717, 1.165) is 12.8 Å². The molecule has 0 aromatic rings. The van der Waals surface area contributed by atoms with E-state index in [4.69, 9.17) is 10.2 Å². The quantitative estimate of drug-likeness (QED) is 0.707. The highest BCUT2D eigenvalue weighted by molar-refractivity contribution is 5.82. The zero-order valence-corrected chi connectivity index (χ0v) is 11.1. The fraction of sp³-hybridized carbons (Fsp3) is 0.846.